The molecule has 1 aromatic heterocycles. The van der Waals surface area contributed by atoms with Crippen LogP contribution in [0.1, 0.15) is 23.4 Å². The molecule has 0 unspecified atom stereocenters. The second kappa shape index (κ2) is 4.14. The lowest BCUT2D eigenvalue weighted by Gasteiger charge is -2.16. The van der Waals surface area contributed by atoms with Crippen LogP contribution < -0.4 is 5.73 Å². The van der Waals surface area contributed by atoms with Crippen LogP contribution in [0.15, 0.2) is 4.99 Å². The lowest BCUT2D eigenvalue weighted by Crippen LogP contribution is -2.35. The number of nitrogens with two attached hydrogens (primary N) is 1. The molecule has 1 aliphatic carbocycles. The highest BCUT2D eigenvalue weighted by Crippen LogP contribution is 2.25. The van der Waals surface area contributed by atoms with Crippen LogP contribution in [0.5, 0.6) is 0 Å². The molecule has 82 valence electrons. The molecule has 0 bridgehead atoms. The molecule has 0 atom stereocenters. The van der Waals surface area contributed by atoms with Gasteiger partial charge in [0, 0.05) is 13.1 Å². The molecule has 2 rings (SSSR count). The number of guanidine groups is 1. The number of hydrogen-bond acceptors (Lipinski definition) is 4. The Balaban J connectivity index is 1.95. The van der Waals surface area contributed by atoms with Crippen LogP contribution in [0.4, 0.5) is 0 Å². The lowest BCUT2D eigenvalue weighted by molar-refractivity contribution is 0.487. The van der Waals surface area contributed by atoms with Crippen molar-refractivity contribution in [3.8, 4) is 0 Å². The first-order valence-corrected chi connectivity index (χ1v) is 5.76. The van der Waals surface area contributed by atoms with Gasteiger partial charge in [-0.15, -0.1) is 5.10 Å². The highest BCUT2D eigenvalue weighted by Gasteiger charge is 2.27. The third-order valence-electron chi connectivity index (χ3n) is 2.59. The molecule has 2 N–H and O–H groups in total. The summed E-state index contributed by atoms with van der Waals surface area (Å²) in [7, 11) is 1.99. The Morgan fingerprint density at radius 2 is 2.40 bits per heavy atom. The van der Waals surface area contributed by atoms with E-state index >= 15 is 0 Å². The number of aliphatic imine (C=N–C) groups is 1. The number of aryl methyl sites for hydroxylation is 1. The third-order valence-corrected chi connectivity index (χ3v) is 3.39. The van der Waals surface area contributed by atoms with Gasteiger partial charge in [0.2, 0.25) is 0 Å². The van der Waals surface area contributed by atoms with Gasteiger partial charge in [-0.3, -0.25) is 0 Å². The zero-order valence-corrected chi connectivity index (χ0v) is 9.79. The summed E-state index contributed by atoms with van der Waals surface area (Å²) in [5.41, 5.74) is 6.81. The molecular formula is C9H15N5S. The fraction of sp³-hybridized carbons (Fsp3) is 0.667. The zero-order chi connectivity index (χ0) is 10.8. The summed E-state index contributed by atoms with van der Waals surface area (Å²) in [6.07, 6.45) is 2.46. The van der Waals surface area contributed by atoms with Gasteiger partial charge in [-0.05, 0) is 31.3 Å². The maximum atomic E-state index is 5.86. The molecule has 5 nitrogen and oxygen atoms in total. The summed E-state index contributed by atoms with van der Waals surface area (Å²) in [5, 5.41) is 3.93. The van der Waals surface area contributed by atoms with E-state index in [0.717, 1.165) is 10.6 Å². The van der Waals surface area contributed by atoms with Crippen LogP contribution in [0, 0.1) is 6.92 Å². The highest BCUT2D eigenvalue weighted by molar-refractivity contribution is 7.05. The summed E-state index contributed by atoms with van der Waals surface area (Å²) >= 11 is 1.38. The smallest absolute Gasteiger partial charge is 0.191 e. The maximum Gasteiger partial charge on any atom is 0.191 e. The molecule has 6 heteroatoms. The molecule has 0 saturated heterocycles. The molecular weight excluding hydrogens is 210 g/mol. The van der Waals surface area contributed by atoms with Crippen molar-refractivity contribution in [2.24, 2.45) is 10.7 Å². The summed E-state index contributed by atoms with van der Waals surface area (Å²) in [6.45, 7) is 2.53. The minimum absolute atomic E-state index is 0.590. The first-order chi connectivity index (χ1) is 7.18. The molecule has 1 aliphatic rings. The number of nitrogens with zero attached hydrogens (tertiary/aromatic N) is 4. The normalized spacial score (nSPS) is 16.8. The Morgan fingerprint density at radius 3 is 2.93 bits per heavy atom. The van der Waals surface area contributed by atoms with E-state index < -0.39 is 0 Å². The van der Waals surface area contributed by atoms with Gasteiger partial charge >= 0.3 is 0 Å². The predicted molar refractivity (Wildman–Crippen MR) is 60.8 cm³/mol. The number of rotatable bonds is 3. The van der Waals surface area contributed by atoms with Gasteiger partial charge in [-0.25, -0.2) is 4.99 Å². The van der Waals surface area contributed by atoms with Crippen molar-refractivity contribution >= 4 is 17.5 Å². The summed E-state index contributed by atoms with van der Waals surface area (Å²) in [4.78, 5) is 7.47. The van der Waals surface area contributed by atoms with Crippen molar-refractivity contribution in [1.82, 2.24) is 14.5 Å². The topological polar surface area (TPSA) is 67.4 Å². The van der Waals surface area contributed by atoms with Gasteiger partial charge in [0.25, 0.3) is 0 Å². The van der Waals surface area contributed by atoms with Gasteiger partial charge in [0.15, 0.2) is 5.96 Å². The van der Waals surface area contributed by atoms with E-state index in [2.05, 4.69) is 14.6 Å². The zero-order valence-electron chi connectivity index (χ0n) is 8.97. The number of aromatic nitrogens is 2. The van der Waals surface area contributed by atoms with E-state index in [9.17, 15) is 0 Å². The van der Waals surface area contributed by atoms with E-state index in [4.69, 9.17) is 5.73 Å². The number of hydrogen-bond donors (Lipinski definition) is 1. The van der Waals surface area contributed by atoms with Gasteiger partial charge < -0.3 is 10.6 Å². The molecule has 1 fully saturated rings. The third kappa shape index (κ3) is 2.44. The van der Waals surface area contributed by atoms with Crippen molar-refractivity contribution in [3.05, 3.63) is 10.6 Å². The van der Waals surface area contributed by atoms with Crippen molar-refractivity contribution in [2.75, 3.05) is 7.05 Å². The van der Waals surface area contributed by atoms with Gasteiger partial charge in [-0.1, -0.05) is 4.49 Å². The van der Waals surface area contributed by atoms with Crippen LogP contribution in [0.3, 0.4) is 0 Å². The van der Waals surface area contributed by atoms with Crippen molar-refractivity contribution in [1.29, 1.82) is 0 Å². The van der Waals surface area contributed by atoms with Gasteiger partial charge in [0.05, 0.1) is 17.1 Å². The molecule has 15 heavy (non-hydrogen) atoms. The van der Waals surface area contributed by atoms with E-state index in [1.54, 1.807) is 0 Å². The highest BCUT2D eigenvalue weighted by atomic mass is 32.1. The average Bonchev–Trinajstić information content (AvgIpc) is 2.99. The second-order valence-electron chi connectivity index (χ2n) is 3.80. The molecule has 0 aliphatic heterocycles. The maximum absolute atomic E-state index is 5.86. The quantitative estimate of drug-likeness (QED) is 0.609. The standard InChI is InChI=1S/C9H15N5S/c1-6-8(15-13-12-6)5-11-9(10)14(2)7-3-4-7/h7H,3-5H2,1-2H3,(H2,10,11). The molecule has 1 aromatic rings. The summed E-state index contributed by atoms with van der Waals surface area (Å²) in [5.74, 6) is 0.616. The summed E-state index contributed by atoms with van der Waals surface area (Å²) < 4.78 is 3.86. The monoisotopic (exact) mass is 225 g/mol. The molecule has 0 amide bonds. The average molecular weight is 225 g/mol. The van der Waals surface area contributed by atoms with Crippen LogP contribution in [0.25, 0.3) is 0 Å². The van der Waals surface area contributed by atoms with Crippen molar-refractivity contribution in [2.45, 2.75) is 32.4 Å². The van der Waals surface area contributed by atoms with Crippen molar-refractivity contribution in [3.63, 3.8) is 0 Å². The molecule has 0 spiro atoms. The van der Waals surface area contributed by atoms with E-state index in [1.807, 2.05) is 18.9 Å². The molecule has 0 radical (unpaired) electrons. The largest absolute Gasteiger partial charge is 0.370 e. The summed E-state index contributed by atoms with van der Waals surface area (Å²) in [6, 6.07) is 0.606. The first kappa shape index (κ1) is 10.4. The van der Waals surface area contributed by atoms with E-state index in [0.29, 0.717) is 18.5 Å². The lowest BCUT2D eigenvalue weighted by atomic mass is 10.4. The minimum atomic E-state index is 0.590. The Kier molecular flexibility index (Phi) is 2.86. The van der Waals surface area contributed by atoms with Crippen molar-refractivity contribution < 1.29 is 0 Å². The van der Waals surface area contributed by atoms with Gasteiger partial charge in [0.1, 0.15) is 0 Å². The first-order valence-electron chi connectivity index (χ1n) is 4.99. The molecule has 1 saturated carbocycles. The predicted octanol–water partition coefficient (Wildman–Crippen LogP) is 0.755. The Bertz CT molecular complexity index is 368. The Hall–Kier alpha value is -1.17. The Morgan fingerprint density at radius 1 is 1.67 bits per heavy atom. The molecule has 0 aromatic carbocycles. The molecule has 1 heterocycles. The van der Waals surface area contributed by atoms with E-state index in [1.165, 1.54) is 24.4 Å². The van der Waals surface area contributed by atoms with Crippen LogP contribution in [0.2, 0.25) is 0 Å². The minimum Gasteiger partial charge on any atom is -0.370 e. The van der Waals surface area contributed by atoms with Crippen LogP contribution in [-0.4, -0.2) is 33.5 Å². The fourth-order valence-electron chi connectivity index (χ4n) is 1.31. The second-order valence-corrected chi connectivity index (χ2v) is 4.64. The fourth-order valence-corrected chi connectivity index (χ4v) is 1.87. The SMILES string of the molecule is Cc1nnsc1CN=C(N)N(C)C1CC1. The Labute approximate surface area is 93.2 Å². The van der Waals surface area contributed by atoms with Crippen LogP contribution >= 0.6 is 11.5 Å². The van der Waals surface area contributed by atoms with E-state index in [-0.39, 0.29) is 0 Å². The van der Waals surface area contributed by atoms with Crippen LogP contribution in [-0.2, 0) is 6.54 Å². The van der Waals surface area contributed by atoms with Gasteiger partial charge in [-0.2, -0.15) is 0 Å².